The van der Waals surface area contributed by atoms with Crippen molar-refractivity contribution in [2.75, 3.05) is 0 Å². The predicted octanol–water partition coefficient (Wildman–Crippen LogP) is 1.78. The Bertz CT molecular complexity index is 572. The van der Waals surface area contributed by atoms with Gasteiger partial charge in [-0.05, 0) is 24.4 Å². The molecule has 4 nitrogen and oxygen atoms in total. The Morgan fingerprint density at radius 2 is 2.18 bits per heavy atom. The molecule has 1 fully saturated rings. The number of hydrogen-bond donors (Lipinski definition) is 1. The lowest BCUT2D eigenvalue weighted by molar-refractivity contribution is -0.123. The molecule has 5 heteroatoms. The zero-order valence-electron chi connectivity index (χ0n) is 8.80. The number of amides is 1. The molecule has 1 aromatic heterocycles. The molecule has 1 aliphatic heterocycles. The molecule has 0 radical (unpaired) electrons. The number of thiocarbonyl (C=S) groups is 1. The van der Waals surface area contributed by atoms with Crippen LogP contribution in [0.1, 0.15) is 5.76 Å². The highest BCUT2D eigenvalue weighted by Crippen LogP contribution is 2.21. The number of carbonyl (C=O) groups excluding carboxylic acids is 1. The number of carbonyl (C=O) groups is 1. The Kier molecular flexibility index (Phi) is 2.33. The second kappa shape index (κ2) is 3.85. The van der Waals surface area contributed by atoms with Gasteiger partial charge in [0.05, 0.1) is 6.42 Å². The lowest BCUT2D eigenvalue weighted by atomic mass is 10.2. The van der Waals surface area contributed by atoms with E-state index < -0.39 is 6.10 Å². The fourth-order valence-electron chi connectivity index (χ4n) is 1.85. The summed E-state index contributed by atoms with van der Waals surface area (Å²) >= 11 is 4.77. The molecule has 2 heterocycles. The first-order valence-electron chi connectivity index (χ1n) is 5.21. The Morgan fingerprint density at radius 3 is 2.88 bits per heavy atom. The Morgan fingerprint density at radius 1 is 1.35 bits per heavy atom. The average Bonchev–Trinajstić information content (AvgIpc) is 2.82. The molecule has 2 aromatic rings. The summed E-state index contributed by atoms with van der Waals surface area (Å²) in [5, 5.41) is 3.60. The zero-order valence-corrected chi connectivity index (χ0v) is 9.62. The van der Waals surface area contributed by atoms with E-state index in [1.54, 1.807) is 0 Å². The van der Waals surface area contributed by atoms with E-state index in [1.165, 1.54) is 0 Å². The molecule has 0 bridgehead atoms. The number of rotatable bonds is 2. The predicted molar refractivity (Wildman–Crippen MR) is 65.5 cm³/mol. The average molecular weight is 247 g/mol. The third-order valence-electron chi connectivity index (χ3n) is 2.63. The molecule has 17 heavy (non-hydrogen) atoms. The van der Waals surface area contributed by atoms with Gasteiger partial charge in [0.2, 0.25) is 0 Å². The first-order valence-corrected chi connectivity index (χ1v) is 5.62. The monoisotopic (exact) mass is 247 g/mol. The van der Waals surface area contributed by atoms with Crippen LogP contribution in [0.4, 0.5) is 0 Å². The molecule has 0 aliphatic carbocycles. The van der Waals surface area contributed by atoms with E-state index in [1.807, 2.05) is 30.3 Å². The fraction of sp³-hybridized carbons (Fsp3) is 0.167. The molecule has 0 saturated carbocycles. The smallest absolute Gasteiger partial charge is 0.268 e. The molecule has 3 rings (SSSR count). The van der Waals surface area contributed by atoms with E-state index in [2.05, 4.69) is 5.32 Å². The standard InChI is InChI=1S/C12H9NO3S/c14-11-10(16-12(17)13-11)6-8-5-7-3-1-2-4-9(7)15-8/h1-5,10H,6H2,(H,13,14,17). The minimum atomic E-state index is -0.580. The molecular weight excluding hydrogens is 238 g/mol. The molecule has 1 atom stereocenters. The number of nitrogens with one attached hydrogen (secondary N) is 1. The molecule has 1 N–H and O–H groups in total. The molecule has 1 amide bonds. The molecule has 1 saturated heterocycles. The van der Waals surface area contributed by atoms with Crippen molar-refractivity contribution in [3.63, 3.8) is 0 Å². The van der Waals surface area contributed by atoms with Gasteiger partial charge >= 0.3 is 0 Å². The van der Waals surface area contributed by atoms with Crippen LogP contribution in [0.5, 0.6) is 0 Å². The Balaban J connectivity index is 1.85. The Labute approximate surface area is 103 Å². The van der Waals surface area contributed by atoms with Crippen LogP contribution in [0.15, 0.2) is 34.7 Å². The summed E-state index contributed by atoms with van der Waals surface area (Å²) in [7, 11) is 0. The summed E-state index contributed by atoms with van der Waals surface area (Å²) < 4.78 is 10.8. The van der Waals surface area contributed by atoms with Gasteiger partial charge in [-0.2, -0.15) is 0 Å². The number of furan rings is 1. The summed E-state index contributed by atoms with van der Waals surface area (Å²) in [5.41, 5.74) is 0.809. The fourth-order valence-corrected chi connectivity index (χ4v) is 2.06. The van der Waals surface area contributed by atoms with E-state index in [9.17, 15) is 4.79 Å². The van der Waals surface area contributed by atoms with Crippen molar-refractivity contribution in [1.82, 2.24) is 5.32 Å². The van der Waals surface area contributed by atoms with Crippen molar-refractivity contribution in [3.8, 4) is 0 Å². The number of ether oxygens (including phenoxy) is 1. The van der Waals surface area contributed by atoms with Crippen LogP contribution in [-0.2, 0) is 16.0 Å². The number of fused-ring (bicyclic) bond motifs is 1. The van der Waals surface area contributed by atoms with E-state index >= 15 is 0 Å². The van der Waals surface area contributed by atoms with Gasteiger partial charge in [-0.1, -0.05) is 18.2 Å². The maximum atomic E-state index is 11.4. The van der Waals surface area contributed by atoms with Gasteiger partial charge in [-0.15, -0.1) is 0 Å². The quantitative estimate of drug-likeness (QED) is 0.822. The second-order valence-corrected chi connectivity index (χ2v) is 4.21. The molecule has 86 valence electrons. The highest BCUT2D eigenvalue weighted by molar-refractivity contribution is 7.80. The van der Waals surface area contributed by atoms with E-state index in [0.29, 0.717) is 6.42 Å². The van der Waals surface area contributed by atoms with Gasteiger partial charge in [0, 0.05) is 5.39 Å². The summed E-state index contributed by atoms with van der Waals surface area (Å²) in [5.74, 6) is 0.506. The molecule has 1 aliphatic rings. The first-order chi connectivity index (χ1) is 8.22. The number of para-hydroxylation sites is 1. The van der Waals surface area contributed by atoms with Crippen molar-refractivity contribution in [1.29, 1.82) is 0 Å². The first kappa shape index (κ1) is 10.3. The third kappa shape index (κ3) is 1.89. The van der Waals surface area contributed by atoms with E-state index in [0.717, 1.165) is 16.7 Å². The summed E-state index contributed by atoms with van der Waals surface area (Å²) in [6, 6.07) is 9.61. The summed E-state index contributed by atoms with van der Waals surface area (Å²) in [6.45, 7) is 0. The van der Waals surface area contributed by atoms with E-state index in [-0.39, 0.29) is 11.1 Å². The SMILES string of the molecule is O=C1NC(=S)OC1Cc1cc2ccccc2o1. The molecular formula is C12H9NO3S. The van der Waals surface area contributed by atoms with Crippen molar-refractivity contribution in [3.05, 3.63) is 36.1 Å². The van der Waals surface area contributed by atoms with Crippen LogP contribution in [-0.4, -0.2) is 17.2 Å². The second-order valence-electron chi connectivity index (χ2n) is 3.84. The van der Waals surface area contributed by atoms with Crippen LogP contribution in [0.25, 0.3) is 11.0 Å². The lowest BCUT2D eigenvalue weighted by Gasteiger charge is -2.03. The highest BCUT2D eigenvalue weighted by Gasteiger charge is 2.30. The largest absolute Gasteiger partial charge is 0.461 e. The van der Waals surface area contributed by atoms with Gasteiger partial charge in [0.15, 0.2) is 6.10 Å². The minimum absolute atomic E-state index is 0.135. The Hall–Kier alpha value is -1.88. The van der Waals surface area contributed by atoms with Crippen molar-refractivity contribution in [2.24, 2.45) is 0 Å². The van der Waals surface area contributed by atoms with Gasteiger partial charge < -0.3 is 9.15 Å². The minimum Gasteiger partial charge on any atom is -0.461 e. The van der Waals surface area contributed by atoms with Gasteiger partial charge in [0.25, 0.3) is 11.1 Å². The van der Waals surface area contributed by atoms with Crippen LogP contribution in [0.2, 0.25) is 0 Å². The van der Waals surface area contributed by atoms with Crippen molar-refractivity contribution >= 4 is 34.3 Å². The highest BCUT2D eigenvalue weighted by atomic mass is 32.1. The van der Waals surface area contributed by atoms with Crippen LogP contribution >= 0.6 is 12.2 Å². The molecule has 1 aromatic carbocycles. The topological polar surface area (TPSA) is 51.5 Å². The van der Waals surface area contributed by atoms with Gasteiger partial charge in [0.1, 0.15) is 11.3 Å². The lowest BCUT2D eigenvalue weighted by Crippen LogP contribution is -2.25. The van der Waals surface area contributed by atoms with Crippen molar-refractivity contribution < 1.29 is 13.9 Å². The zero-order chi connectivity index (χ0) is 11.8. The van der Waals surface area contributed by atoms with Crippen LogP contribution in [0.3, 0.4) is 0 Å². The number of hydrogen-bond acceptors (Lipinski definition) is 4. The van der Waals surface area contributed by atoms with Crippen molar-refractivity contribution in [2.45, 2.75) is 12.5 Å². The maximum absolute atomic E-state index is 11.4. The van der Waals surface area contributed by atoms with Crippen LogP contribution < -0.4 is 5.32 Å². The normalized spacial score (nSPS) is 19.4. The summed E-state index contributed by atoms with van der Waals surface area (Å²) in [6.07, 6.45) is -0.191. The van der Waals surface area contributed by atoms with E-state index in [4.69, 9.17) is 21.4 Å². The van der Waals surface area contributed by atoms with Crippen LogP contribution in [0, 0.1) is 0 Å². The third-order valence-corrected chi connectivity index (χ3v) is 2.83. The number of benzene rings is 1. The van der Waals surface area contributed by atoms with Gasteiger partial charge in [-0.25, -0.2) is 0 Å². The maximum Gasteiger partial charge on any atom is 0.268 e. The molecule has 1 unspecified atom stereocenters. The molecule has 0 spiro atoms. The summed E-state index contributed by atoms with van der Waals surface area (Å²) in [4.78, 5) is 11.4. The van der Waals surface area contributed by atoms with Gasteiger partial charge in [-0.3, -0.25) is 10.1 Å².